The molecule has 0 aliphatic heterocycles. The maximum Gasteiger partial charge on any atom is 0.209 e. The first kappa shape index (κ1) is 10.4. The van der Waals surface area contributed by atoms with E-state index in [1.54, 1.807) is 18.5 Å². The van der Waals surface area contributed by atoms with Crippen molar-refractivity contribution in [1.82, 2.24) is 9.97 Å². The van der Waals surface area contributed by atoms with E-state index in [1.807, 2.05) is 0 Å². The summed E-state index contributed by atoms with van der Waals surface area (Å²) < 4.78 is 21.1. The standard InChI is InChI=1S/C6H9N3O2S2/c7-13(10,11)5-4-12-6-8-2-1-3-9-6/h1-3H,4-5H2,(H2,7,10,11). The molecule has 13 heavy (non-hydrogen) atoms. The molecule has 0 fully saturated rings. The lowest BCUT2D eigenvalue weighted by Crippen LogP contribution is -2.17. The molecule has 1 rings (SSSR count). The number of rotatable bonds is 4. The third-order valence-electron chi connectivity index (χ3n) is 1.14. The maximum atomic E-state index is 10.5. The van der Waals surface area contributed by atoms with Crippen LogP contribution >= 0.6 is 11.8 Å². The SMILES string of the molecule is NS(=O)(=O)CCSc1ncccn1. The van der Waals surface area contributed by atoms with Gasteiger partial charge in [0.25, 0.3) is 0 Å². The highest BCUT2D eigenvalue weighted by molar-refractivity contribution is 8.00. The van der Waals surface area contributed by atoms with Crippen molar-refractivity contribution in [2.75, 3.05) is 11.5 Å². The van der Waals surface area contributed by atoms with E-state index in [0.29, 0.717) is 10.9 Å². The number of nitrogens with two attached hydrogens (primary N) is 1. The van der Waals surface area contributed by atoms with E-state index >= 15 is 0 Å². The summed E-state index contributed by atoms with van der Waals surface area (Å²) in [6.07, 6.45) is 3.21. The Morgan fingerprint density at radius 2 is 2.00 bits per heavy atom. The Hall–Kier alpha value is -0.660. The molecule has 0 amide bonds. The van der Waals surface area contributed by atoms with Crippen molar-refractivity contribution in [2.45, 2.75) is 5.16 Å². The van der Waals surface area contributed by atoms with Crippen LogP contribution in [0.4, 0.5) is 0 Å². The smallest absolute Gasteiger partial charge is 0.209 e. The maximum absolute atomic E-state index is 10.5. The lowest BCUT2D eigenvalue weighted by Gasteiger charge is -1.97. The highest BCUT2D eigenvalue weighted by atomic mass is 32.2. The molecule has 0 saturated heterocycles. The molecule has 1 heterocycles. The van der Waals surface area contributed by atoms with Gasteiger partial charge in [0, 0.05) is 18.1 Å². The van der Waals surface area contributed by atoms with Crippen LogP contribution in [0.25, 0.3) is 0 Å². The molecule has 1 aromatic heterocycles. The van der Waals surface area contributed by atoms with Gasteiger partial charge in [-0.1, -0.05) is 11.8 Å². The van der Waals surface area contributed by atoms with E-state index < -0.39 is 10.0 Å². The third-order valence-corrected chi connectivity index (χ3v) is 3.05. The third kappa shape index (κ3) is 4.81. The summed E-state index contributed by atoms with van der Waals surface area (Å²) in [6.45, 7) is 0. The van der Waals surface area contributed by atoms with Gasteiger partial charge < -0.3 is 0 Å². The topological polar surface area (TPSA) is 85.9 Å². The van der Waals surface area contributed by atoms with Crippen LogP contribution in [0.2, 0.25) is 0 Å². The number of primary sulfonamides is 1. The minimum Gasteiger partial charge on any atom is -0.231 e. The molecule has 2 N–H and O–H groups in total. The number of hydrogen-bond donors (Lipinski definition) is 1. The lowest BCUT2D eigenvalue weighted by molar-refractivity contribution is 0.599. The zero-order valence-corrected chi connectivity index (χ0v) is 8.38. The van der Waals surface area contributed by atoms with Gasteiger partial charge in [-0.15, -0.1) is 0 Å². The summed E-state index contributed by atoms with van der Waals surface area (Å²) in [5, 5.41) is 5.38. The van der Waals surface area contributed by atoms with Crippen molar-refractivity contribution in [3.8, 4) is 0 Å². The van der Waals surface area contributed by atoms with Crippen LogP contribution < -0.4 is 5.14 Å². The van der Waals surface area contributed by atoms with Gasteiger partial charge in [0.2, 0.25) is 10.0 Å². The summed E-state index contributed by atoms with van der Waals surface area (Å²) in [5.74, 6) is 0.318. The molecule has 0 unspecified atom stereocenters. The normalized spacial score (nSPS) is 11.5. The summed E-state index contributed by atoms with van der Waals surface area (Å²) in [5.41, 5.74) is 0. The zero-order valence-electron chi connectivity index (χ0n) is 6.75. The van der Waals surface area contributed by atoms with Crippen molar-refractivity contribution >= 4 is 21.8 Å². The van der Waals surface area contributed by atoms with Gasteiger partial charge in [0.1, 0.15) is 0 Å². The van der Waals surface area contributed by atoms with Crippen LogP contribution in [-0.2, 0) is 10.0 Å². The lowest BCUT2D eigenvalue weighted by atomic mass is 10.7. The minimum absolute atomic E-state index is 0.0596. The molecule has 0 spiro atoms. The molecular formula is C6H9N3O2S2. The fourth-order valence-corrected chi connectivity index (χ4v) is 2.32. The Kier molecular flexibility index (Phi) is 3.64. The van der Waals surface area contributed by atoms with Crippen molar-refractivity contribution in [1.29, 1.82) is 0 Å². The van der Waals surface area contributed by atoms with Crippen LogP contribution in [0, 0.1) is 0 Å². The second-order valence-electron chi connectivity index (χ2n) is 2.25. The first-order valence-electron chi connectivity index (χ1n) is 3.48. The summed E-state index contributed by atoms with van der Waals surface area (Å²) in [6, 6.07) is 1.70. The second kappa shape index (κ2) is 4.54. The first-order chi connectivity index (χ1) is 6.08. The molecule has 0 aromatic carbocycles. The van der Waals surface area contributed by atoms with Gasteiger partial charge in [-0.05, 0) is 6.07 Å². The quantitative estimate of drug-likeness (QED) is 0.562. The van der Waals surface area contributed by atoms with Gasteiger partial charge in [-0.2, -0.15) is 0 Å². The highest BCUT2D eigenvalue weighted by Gasteiger charge is 2.03. The van der Waals surface area contributed by atoms with Crippen LogP contribution in [-0.4, -0.2) is 29.9 Å². The number of sulfonamides is 1. The number of nitrogens with zero attached hydrogens (tertiary/aromatic N) is 2. The summed E-state index contributed by atoms with van der Waals surface area (Å²) in [4.78, 5) is 7.83. The molecule has 0 radical (unpaired) electrons. The number of aromatic nitrogens is 2. The molecule has 72 valence electrons. The predicted molar refractivity (Wildman–Crippen MR) is 50.7 cm³/mol. The second-order valence-corrected chi connectivity index (χ2v) is 5.04. The average molecular weight is 219 g/mol. The van der Waals surface area contributed by atoms with Crippen LogP contribution in [0.15, 0.2) is 23.6 Å². The molecule has 0 bridgehead atoms. The van der Waals surface area contributed by atoms with E-state index in [1.165, 1.54) is 11.8 Å². The summed E-state index contributed by atoms with van der Waals surface area (Å²) >= 11 is 1.27. The van der Waals surface area contributed by atoms with Crippen molar-refractivity contribution in [2.24, 2.45) is 5.14 Å². The molecular weight excluding hydrogens is 210 g/mol. The highest BCUT2D eigenvalue weighted by Crippen LogP contribution is 2.10. The Balaban J connectivity index is 2.37. The molecule has 5 nitrogen and oxygen atoms in total. The Labute approximate surface area is 80.8 Å². The zero-order chi connectivity index (χ0) is 9.73. The molecule has 0 saturated carbocycles. The van der Waals surface area contributed by atoms with Crippen LogP contribution in [0.5, 0.6) is 0 Å². The summed E-state index contributed by atoms with van der Waals surface area (Å²) in [7, 11) is -3.37. The number of hydrogen-bond acceptors (Lipinski definition) is 5. The first-order valence-corrected chi connectivity index (χ1v) is 6.18. The van der Waals surface area contributed by atoms with Crippen LogP contribution in [0.3, 0.4) is 0 Å². The van der Waals surface area contributed by atoms with Gasteiger partial charge in [0.05, 0.1) is 5.75 Å². The molecule has 0 aliphatic rings. The molecule has 0 atom stereocenters. The fourth-order valence-electron chi connectivity index (χ4n) is 0.609. The van der Waals surface area contributed by atoms with E-state index in [2.05, 4.69) is 9.97 Å². The van der Waals surface area contributed by atoms with Gasteiger partial charge >= 0.3 is 0 Å². The Morgan fingerprint density at radius 3 is 2.54 bits per heavy atom. The average Bonchev–Trinajstić information content (AvgIpc) is 2.04. The largest absolute Gasteiger partial charge is 0.231 e. The van der Waals surface area contributed by atoms with Crippen molar-refractivity contribution in [3.63, 3.8) is 0 Å². The van der Waals surface area contributed by atoms with E-state index in [4.69, 9.17) is 5.14 Å². The van der Waals surface area contributed by atoms with Crippen molar-refractivity contribution in [3.05, 3.63) is 18.5 Å². The Morgan fingerprint density at radius 1 is 1.38 bits per heavy atom. The predicted octanol–water partition coefficient (Wildman–Crippen LogP) is -0.143. The van der Waals surface area contributed by atoms with Gasteiger partial charge in [-0.25, -0.2) is 23.5 Å². The van der Waals surface area contributed by atoms with Crippen molar-refractivity contribution < 1.29 is 8.42 Å². The van der Waals surface area contributed by atoms with E-state index in [0.717, 1.165) is 0 Å². The molecule has 0 aliphatic carbocycles. The van der Waals surface area contributed by atoms with Crippen LogP contribution in [0.1, 0.15) is 0 Å². The van der Waals surface area contributed by atoms with Gasteiger partial charge in [-0.3, -0.25) is 0 Å². The molecule has 1 aromatic rings. The minimum atomic E-state index is -3.37. The molecule has 7 heteroatoms. The monoisotopic (exact) mass is 219 g/mol. The number of thioether (sulfide) groups is 1. The van der Waals surface area contributed by atoms with Gasteiger partial charge in [0.15, 0.2) is 5.16 Å². The van der Waals surface area contributed by atoms with E-state index in [-0.39, 0.29) is 5.75 Å². The Bertz CT molecular complexity index is 351. The van der Waals surface area contributed by atoms with E-state index in [9.17, 15) is 8.42 Å². The fraction of sp³-hybridized carbons (Fsp3) is 0.333.